The Balaban J connectivity index is 0.000000186. The number of pyridine rings is 1. The van der Waals surface area contributed by atoms with Crippen LogP contribution < -0.4 is 11.1 Å². The molecule has 0 bridgehead atoms. The van der Waals surface area contributed by atoms with Gasteiger partial charge in [0, 0.05) is 18.1 Å². The highest BCUT2D eigenvalue weighted by Gasteiger charge is 2.48. The molecular weight excluding hydrogens is 540 g/mol. The molecule has 2 fully saturated rings. The number of furan rings is 1. The molecule has 1 saturated carbocycles. The van der Waals surface area contributed by atoms with Crippen LogP contribution in [0.15, 0.2) is 64.2 Å². The minimum absolute atomic E-state index is 0.00101. The smallest absolute Gasteiger partial charge is 0.302 e. The first kappa shape index (κ1) is 29.5. The molecule has 6 N–H and O–H groups in total. The summed E-state index contributed by atoms with van der Waals surface area (Å²) in [5.41, 5.74) is 5.24. The molecule has 0 spiro atoms. The summed E-state index contributed by atoms with van der Waals surface area (Å²) in [6, 6.07) is 13.8. The number of ketones is 1. The third-order valence-corrected chi connectivity index (χ3v) is 8.45. The van der Waals surface area contributed by atoms with E-state index in [9.17, 15) is 33.9 Å². The summed E-state index contributed by atoms with van der Waals surface area (Å²) in [5.74, 6) is -4.77. The van der Waals surface area contributed by atoms with Gasteiger partial charge in [-0.1, -0.05) is 43.5 Å². The molecule has 1 aliphatic carbocycles. The molecule has 1 aliphatic heterocycles. The van der Waals surface area contributed by atoms with E-state index >= 15 is 0 Å². The minimum Gasteiger partial charge on any atom is -0.451 e. The van der Waals surface area contributed by atoms with Crippen LogP contribution in [0.5, 0.6) is 0 Å². The third-order valence-electron chi connectivity index (χ3n) is 7.02. The number of para-hydroxylation sites is 1. The van der Waals surface area contributed by atoms with Crippen molar-refractivity contribution in [2.45, 2.75) is 67.5 Å². The standard InChI is InChI=1S/C16H18N2O3.C11H14N2O5S/c17-15(20)16(8-4-1-5-9-16)18-14(19)13-10-11-6-2-3-7-12(11)21-13;14-8-4-3-7-13(11(16,17)10(8)15)19(18)9-5-1-2-6-12-9/h2-3,6-7,10H,1,4-5,8-9H2,(H2,17,20)(H,18,19);1-2,5-6,8,14,16-17H,3-4,7H2. The van der Waals surface area contributed by atoms with E-state index in [1.165, 1.54) is 12.3 Å². The number of hydrogen-bond donors (Lipinski definition) is 5. The van der Waals surface area contributed by atoms with Gasteiger partial charge in [0.25, 0.3) is 5.91 Å². The van der Waals surface area contributed by atoms with Crippen LogP contribution in [0.25, 0.3) is 11.0 Å². The number of Topliss-reactive ketones (excluding diaryl/α,β-unsaturated/α-hetero) is 1. The topological polar surface area (TPSA) is 196 Å². The number of carbonyl (C=O) groups excluding carboxylic acids is 3. The summed E-state index contributed by atoms with van der Waals surface area (Å²) in [6.07, 6.45) is 4.38. The lowest BCUT2D eigenvalue weighted by Gasteiger charge is -2.34. The normalized spacial score (nSPS) is 21.5. The van der Waals surface area contributed by atoms with Crippen molar-refractivity contribution >= 4 is 39.6 Å². The summed E-state index contributed by atoms with van der Waals surface area (Å²) in [5, 5.41) is 32.9. The van der Waals surface area contributed by atoms with Crippen LogP contribution in [0.4, 0.5) is 0 Å². The molecule has 2 atom stereocenters. The number of hydrogen-bond acceptors (Lipinski definition) is 9. The van der Waals surface area contributed by atoms with Gasteiger partial charge < -0.3 is 30.8 Å². The summed E-state index contributed by atoms with van der Waals surface area (Å²) in [4.78, 5) is 39.7. The highest BCUT2D eigenvalue weighted by molar-refractivity contribution is 7.82. The number of primary amides is 1. The molecule has 2 aromatic heterocycles. The summed E-state index contributed by atoms with van der Waals surface area (Å²) in [6.45, 7) is -0.00101. The molecular formula is C27H32N4O8S. The Bertz CT molecular complexity index is 1350. The maximum Gasteiger partial charge on any atom is 0.302 e. The zero-order valence-electron chi connectivity index (χ0n) is 21.7. The molecule has 214 valence electrons. The van der Waals surface area contributed by atoms with E-state index in [1.54, 1.807) is 24.3 Å². The van der Waals surface area contributed by atoms with Gasteiger partial charge in [-0.25, -0.2) is 9.19 Å². The van der Waals surface area contributed by atoms with Crippen molar-refractivity contribution in [3.8, 4) is 0 Å². The molecule has 2 unspecified atom stereocenters. The highest BCUT2D eigenvalue weighted by Crippen LogP contribution is 2.29. The van der Waals surface area contributed by atoms with Crippen molar-refractivity contribution in [2.24, 2.45) is 5.73 Å². The number of aliphatic hydroxyl groups excluding tert-OH is 1. The Morgan fingerprint density at radius 1 is 1.07 bits per heavy atom. The van der Waals surface area contributed by atoms with E-state index in [0.717, 1.165) is 29.0 Å². The second-order valence-corrected chi connectivity index (χ2v) is 11.1. The minimum atomic E-state index is -2.96. The maximum atomic E-state index is 12.4. The Kier molecular flexibility index (Phi) is 9.11. The Morgan fingerprint density at radius 2 is 1.77 bits per heavy atom. The fourth-order valence-corrected chi connectivity index (χ4v) is 5.97. The number of rotatable bonds is 5. The monoisotopic (exact) mass is 572 g/mol. The molecule has 3 heterocycles. The van der Waals surface area contributed by atoms with Crippen LogP contribution in [-0.2, 0) is 20.6 Å². The number of aromatic nitrogens is 1. The number of nitrogens with one attached hydrogen (secondary N) is 1. The number of carbonyl (C=O) groups is 3. The Hall–Kier alpha value is -3.49. The molecule has 1 aromatic carbocycles. The van der Waals surface area contributed by atoms with Gasteiger partial charge in [0.15, 0.2) is 16.7 Å². The van der Waals surface area contributed by atoms with Gasteiger partial charge in [0.05, 0.1) is 0 Å². The zero-order chi connectivity index (χ0) is 28.9. The van der Waals surface area contributed by atoms with Crippen LogP contribution in [-0.4, -0.2) is 70.5 Å². The van der Waals surface area contributed by atoms with Gasteiger partial charge in [-0.15, -0.1) is 0 Å². The van der Waals surface area contributed by atoms with Crippen LogP contribution >= 0.6 is 0 Å². The van der Waals surface area contributed by atoms with Gasteiger partial charge in [-0.3, -0.25) is 14.4 Å². The summed E-state index contributed by atoms with van der Waals surface area (Å²) in [7, 11) is -2.00. The molecule has 40 heavy (non-hydrogen) atoms. The molecule has 3 aromatic rings. The van der Waals surface area contributed by atoms with Gasteiger partial charge >= 0.3 is 5.91 Å². The van der Waals surface area contributed by atoms with Crippen molar-refractivity contribution in [1.82, 2.24) is 14.6 Å². The van der Waals surface area contributed by atoms with Crippen molar-refractivity contribution in [3.05, 3.63) is 60.5 Å². The zero-order valence-corrected chi connectivity index (χ0v) is 22.5. The second kappa shape index (κ2) is 12.4. The number of amides is 2. The predicted molar refractivity (Wildman–Crippen MR) is 143 cm³/mol. The molecule has 2 aliphatic rings. The lowest BCUT2D eigenvalue weighted by molar-refractivity contribution is -0.226. The molecule has 2 amide bonds. The van der Waals surface area contributed by atoms with Gasteiger partial charge in [0.2, 0.25) is 11.7 Å². The number of nitrogens with zero attached hydrogens (tertiary/aromatic N) is 2. The van der Waals surface area contributed by atoms with Crippen LogP contribution in [0.2, 0.25) is 0 Å². The highest BCUT2D eigenvalue weighted by atomic mass is 32.2. The van der Waals surface area contributed by atoms with E-state index in [2.05, 4.69) is 10.3 Å². The molecule has 13 heteroatoms. The quantitative estimate of drug-likeness (QED) is 0.278. The average Bonchev–Trinajstić information content (AvgIpc) is 3.36. The molecule has 0 radical (unpaired) electrons. The second-order valence-electron chi connectivity index (χ2n) is 9.79. The fourth-order valence-electron chi connectivity index (χ4n) is 4.78. The lowest BCUT2D eigenvalue weighted by Crippen LogP contribution is -2.58. The average molecular weight is 573 g/mol. The third kappa shape index (κ3) is 6.29. The largest absolute Gasteiger partial charge is 0.451 e. The van der Waals surface area contributed by atoms with E-state index in [0.29, 0.717) is 24.8 Å². The van der Waals surface area contributed by atoms with Crippen LogP contribution in [0.3, 0.4) is 0 Å². The Morgan fingerprint density at radius 3 is 2.42 bits per heavy atom. The number of aliphatic hydroxyl groups is 3. The molecule has 12 nitrogen and oxygen atoms in total. The first-order chi connectivity index (χ1) is 19.0. The molecule has 1 saturated heterocycles. The number of nitrogens with two attached hydrogens (primary N) is 1. The first-order valence-electron chi connectivity index (χ1n) is 12.9. The fraction of sp³-hybridized carbons (Fsp3) is 0.407. The van der Waals surface area contributed by atoms with E-state index < -0.39 is 40.2 Å². The maximum absolute atomic E-state index is 12.4. The van der Waals surface area contributed by atoms with Crippen molar-refractivity contribution in [2.75, 3.05) is 6.54 Å². The predicted octanol–water partition coefficient (Wildman–Crippen LogP) is 1.12. The Labute approximate surface area is 232 Å². The lowest BCUT2D eigenvalue weighted by atomic mass is 9.81. The van der Waals surface area contributed by atoms with Crippen LogP contribution in [0, 0.1) is 0 Å². The molecule has 5 rings (SSSR count). The van der Waals surface area contributed by atoms with Gasteiger partial charge in [0.1, 0.15) is 22.3 Å². The van der Waals surface area contributed by atoms with E-state index in [-0.39, 0.29) is 29.7 Å². The van der Waals surface area contributed by atoms with E-state index in [4.69, 9.17) is 10.2 Å². The van der Waals surface area contributed by atoms with Gasteiger partial charge in [-0.2, -0.15) is 4.31 Å². The van der Waals surface area contributed by atoms with Crippen molar-refractivity contribution in [3.63, 3.8) is 0 Å². The first-order valence-corrected chi connectivity index (χ1v) is 14.0. The van der Waals surface area contributed by atoms with Crippen LogP contribution in [0.1, 0.15) is 55.5 Å². The van der Waals surface area contributed by atoms with Crippen molar-refractivity contribution in [1.29, 1.82) is 0 Å². The number of benzene rings is 1. The SMILES string of the molecule is NC(=O)C1(NC(=O)c2cc3ccccc3o2)CCCCC1.O=C1C(O)CCCN(S(=O)c2ccccn2)C1(O)O. The number of fused-ring (bicyclic) bond motifs is 1. The van der Waals surface area contributed by atoms with Gasteiger partial charge in [-0.05, 0) is 49.9 Å². The van der Waals surface area contributed by atoms with Crippen molar-refractivity contribution < 1.29 is 38.3 Å². The summed E-state index contributed by atoms with van der Waals surface area (Å²) >= 11 is 0. The van der Waals surface area contributed by atoms with E-state index in [1.807, 2.05) is 18.2 Å². The summed E-state index contributed by atoms with van der Waals surface area (Å²) < 4.78 is 18.5.